The van der Waals surface area contributed by atoms with Gasteiger partial charge in [0, 0.05) is 0 Å². The number of aromatic nitrogens is 1. The molecular formula is C16H16N2O2S2. The van der Waals surface area contributed by atoms with Crippen LogP contribution in [-0.2, 0) is 4.74 Å². The Hall–Kier alpha value is -1.92. The van der Waals surface area contributed by atoms with Gasteiger partial charge in [-0.1, -0.05) is 17.4 Å². The molecule has 1 N–H and O–H groups in total. The summed E-state index contributed by atoms with van der Waals surface area (Å²) in [6.45, 7) is 5.49. The standard InChI is InChI=1S/C16H16N2O2S2/c1-16(2,3)20-15(19)18-14-17-12-5-4-10(8-13(12)22-14)11-6-7-21-9-11/h4-9H,1-3H3,(H,17,18,19). The van der Waals surface area contributed by atoms with E-state index in [1.807, 2.05) is 32.9 Å². The van der Waals surface area contributed by atoms with Crippen LogP contribution in [0.3, 0.4) is 0 Å². The second-order valence-electron chi connectivity index (χ2n) is 5.84. The van der Waals surface area contributed by atoms with Crippen LogP contribution in [0.1, 0.15) is 20.8 Å². The molecule has 0 spiro atoms. The van der Waals surface area contributed by atoms with E-state index in [0.717, 1.165) is 15.8 Å². The largest absolute Gasteiger partial charge is 0.444 e. The summed E-state index contributed by atoms with van der Waals surface area (Å²) in [5.41, 5.74) is 2.70. The Kier molecular flexibility index (Phi) is 3.88. The fourth-order valence-electron chi connectivity index (χ4n) is 1.98. The van der Waals surface area contributed by atoms with Crippen molar-refractivity contribution in [2.45, 2.75) is 26.4 Å². The monoisotopic (exact) mass is 332 g/mol. The van der Waals surface area contributed by atoms with Crippen LogP contribution in [0.2, 0.25) is 0 Å². The highest BCUT2D eigenvalue weighted by molar-refractivity contribution is 7.22. The van der Waals surface area contributed by atoms with Crippen LogP contribution >= 0.6 is 22.7 Å². The van der Waals surface area contributed by atoms with Gasteiger partial charge in [0.1, 0.15) is 5.60 Å². The molecule has 0 radical (unpaired) electrons. The Balaban J connectivity index is 1.83. The Morgan fingerprint density at radius 2 is 2.05 bits per heavy atom. The molecule has 114 valence electrons. The minimum absolute atomic E-state index is 0.482. The van der Waals surface area contributed by atoms with Gasteiger partial charge in [-0.2, -0.15) is 11.3 Å². The highest BCUT2D eigenvalue weighted by atomic mass is 32.1. The zero-order valence-electron chi connectivity index (χ0n) is 12.5. The second-order valence-corrected chi connectivity index (χ2v) is 7.65. The first-order valence-corrected chi connectivity index (χ1v) is 8.60. The van der Waals surface area contributed by atoms with E-state index in [4.69, 9.17) is 4.74 Å². The van der Waals surface area contributed by atoms with Gasteiger partial charge in [0.05, 0.1) is 10.2 Å². The molecule has 3 rings (SSSR count). The quantitative estimate of drug-likeness (QED) is 0.686. The van der Waals surface area contributed by atoms with E-state index in [9.17, 15) is 4.79 Å². The third-order valence-electron chi connectivity index (χ3n) is 2.85. The number of hydrogen-bond acceptors (Lipinski definition) is 5. The van der Waals surface area contributed by atoms with Crippen LogP contribution in [0, 0.1) is 0 Å². The Labute approximate surface area is 136 Å². The van der Waals surface area contributed by atoms with Gasteiger partial charge in [0.2, 0.25) is 0 Å². The van der Waals surface area contributed by atoms with E-state index >= 15 is 0 Å². The zero-order valence-corrected chi connectivity index (χ0v) is 14.2. The van der Waals surface area contributed by atoms with Crippen molar-refractivity contribution in [2.24, 2.45) is 0 Å². The number of amides is 1. The predicted molar refractivity (Wildman–Crippen MR) is 92.8 cm³/mol. The zero-order chi connectivity index (χ0) is 15.7. The number of fused-ring (bicyclic) bond motifs is 1. The number of carbonyl (C=O) groups excluding carboxylic acids is 1. The molecule has 0 aliphatic rings. The summed E-state index contributed by atoms with van der Waals surface area (Å²) in [6.07, 6.45) is -0.482. The van der Waals surface area contributed by atoms with Crippen molar-refractivity contribution < 1.29 is 9.53 Å². The van der Waals surface area contributed by atoms with Crippen molar-refractivity contribution >= 4 is 44.1 Å². The van der Waals surface area contributed by atoms with Crippen LogP contribution in [0.15, 0.2) is 35.0 Å². The predicted octanol–water partition coefficient (Wildman–Crippen LogP) is 5.37. The topological polar surface area (TPSA) is 51.2 Å². The fourth-order valence-corrected chi connectivity index (χ4v) is 3.53. The maximum absolute atomic E-state index is 11.8. The molecule has 6 heteroatoms. The van der Waals surface area contributed by atoms with Crippen LogP contribution < -0.4 is 5.32 Å². The summed E-state index contributed by atoms with van der Waals surface area (Å²) in [7, 11) is 0. The number of nitrogens with one attached hydrogen (secondary N) is 1. The van der Waals surface area contributed by atoms with Crippen molar-refractivity contribution in [1.82, 2.24) is 4.98 Å². The summed E-state index contributed by atoms with van der Waals surface area (Å²) in [4.78, 5) is 16.2. The molecule has 1 aromatic carbocycles. The first-order valence-electron chi connectivity index (χ1n) is 6.84. The molecule has 2 heterocycles. The Bertz CT molecular complexity index is 801. The van der Waals surface area contributed by atoms with Crippen molar-refractivity contribution in [3.8, 4) is 11.1 Å². The van der Waals surface area contributed by atoms with Gasteiger partial charge < -0.3 is 4.74 Å². The van der Waals surface area contributed by atoms with E-state index in [0.29, 0.717) is 5.13 Å². The molecule has 4 nitrogen and oxygen atoms in total. The molecule has 3 aromatic rings. The molecule has 2 aromatic heterocycles. The summed E-state index contributed by atoms with van der Waals surface area (Å²) in [5, 5.41) is 7.41. The average molecular weight is 332 g/mol. The van der Waals surface area contributed by atoms with E-state index in [-0.39, 0.29) is 0 Å². The number of hydrogen-bond donors (Lipinski definition) is 1. The number of thiazole rings is 1. The number of benzene rings is 1. The van der Waals surface area contributed by atoms with Gasteiger partial charge in [-0.05, 0) is 60.9 Å². The highest BCUT2D eigenvalue weighted by Crippen LogP contribution is 2.31. The normalized spacial score (nSPS) is 11.6. The lowest BCUT2D eigenvalue weighted by atomic mass is 10.1. The van der Waals surface area contributed by atoms with Crippen LogP contribution in [0.5, 0.6) is 0 Å². The molecule has 0 atom stereocenters. The highest BCUT2D eigenvalue weighted by Gasteiger charge is 2.17. The van der Waals surface area contributed by atoms with Crippen LogP contribution in [0.25, 0.3) is 21.3 Å². The van der Waals surface area contributed by atoms with Gasteiger partial charge in [-0.3, -0.25) is 5.32 Å². The van der Waals surface area contributed by atoms with Gasteiger partial charge in [-0.25, -0.2) is 9.78 Å². The Morgan fingerprint density at radius 1 is 1.23 bits per heavy atom. The third kappa shape index (κ3) is 3.45. The van der Waals surface area contributed by atoms with E-state index in [1.165, 1.54) is 16.9 Å². The smallest absolute Gasteiger partial charge is 0.413 e. The molecule has 0 saturated carbocycles. The van der Waals surface area contributed by atoms with Crippen LogP contribution in [0.4, 0.5) is 9.93 Å². The molecule has 0 unspecified atom stereocenters. The minimum atomic E-state index is -0.521. The number of carbonyl (C=O) groups is 1. The molecule has 1 amide bonds. The molecule has 22 heavy (non-hydrogen) atoms. The maximum Gasteiger partial charge on any atom is 0.413 e. The van der Waals surface area contributed by atoms with Crippen molar-refractivity contribution in [3.05, 3.63) is 35.0 Å². The lowest BCUT2D eigenvalue weighted by molar-refractivity contribution is 0.0636. The molecule has 0 saturated heterocycles. The van der Waals surface area contributed by atoms with Gasteiger partial charge in [-0.15, -0.1) is 0 Å². The number of rotatable bonds is 2. The van der Waals surface area contributed by atoms with E-state index < -0.39 is 11.7 Å². The Morgan fingerprint density at radius 3 is 2.73 bits per heavy atom. The van der Waals surface area contributed by atoms with Crippen molar-refractivity contribution in [1.29, 1.82) is 0 Å². The summed E-state index contributed by atoms with van der Waals surface area (Å²) in [5.74, 6) is 0. The first kappa shape index (κ1) is 15.0. The van der Waals surface area contributed by atoms with Gasteiger partial charge in [0.15, 0.2) is 5.13 Å². The van der Waals surface area contributed by atoms with Crippen molar-refractivity contribution in [2.75, 3.05) is 5.32 Å². The van der Waals surface area contributed by atoms with E-state index in [1.54, 1.807) is 11.3 Å². The average Bonchev–Trinajstić information content (AvgIpc) is 3.03. The molecular weight excluding hydrogens is 316 g/mol. The van der Waals surface area contributed by atoms with E-state index in [2.05, 4.69) is 33.2 Å². The summed E-state index contributed by atoms with van der Waals surface area (Å²) in [6, 6.07) is 8.20. The first-order chi connectivity index (χ1) is 10.4. The van der Waals surface area contributed by atoms with Gasteiger partial charge in [0.25, 0.3) is 0 Å². The molecule has 0 fully saturated rings. The van der Waals surface area contributed by atoms with Crippen molar-refractivity contribution in [3.63, 3.8) is 0 Å². The lowest BCUT2D eigenvalue weighted by Crippen LogP contribution is -2.27. The number of nitrogens with zero attached hydrogens (tertiary/aromatic N) is 1. The number of anilines is 1. The summed E-state index contributed by atoms with van der Waals surface area (Å²) >= 11 is 3.12. The minimum Gasteiger partial charge on any atom is -0.444 e. The third-order valence-corrected chi connectivity index (χ3v) is 4.47. The fraction of sp³-hybridized carbons (Fsp3) is 0.250. The molecule has 0 aliphatic carbocycles. The molecule has 0 bridgehead atoms. The number of thiophene rings is 1. The summed E-state index contributed by atoms with van der Waals surface area (Å²) < 4.78 is 6.28. The lowest BCUT2D eigenvalue weighted by Gasteiger charge is -2.18. The SMILES string of the molecule is CC(C)(C)OC(=O)Nc1nc2ccc(-c3ccsc3)cc2s1. The number of ether oxygens (including phenoxy) is 1. The van der Waals surface area contributed by atoms with Gasteiger partial charge >= 0.3 is 6.09 Å². The molecule has 0 aliphatic heterocycles. The maximum atomic E-state index is 11.8. The second kappa shape index (κ2) is 5.70. The van der Waals surface area contributed by atoms with Crippen LogP contribution in [-0.4, -0.2) is 16.7 Å².